The van der Waals surface area contributed by atoms with Gasteiger partial charge < -0.3 is 4.74 Å². The quantitative estimate of drug-likeness (QED) is 0.521. The summed E-state index contributed by atoms with van der Waals surface area (Å²) in [5.74, 6) is 1.34. The lowest BCUT2D eigenvalue weighted by Crippen LogP contribution is -1.99. The summed E-state index contributed by atoms with van der Waals surface area (Å²) in [4.78, 5) is 13.0. The molecule has 8 heteroatoms. The van der Waals surface area contributed by atoms with E-state index in [9.17, 15) is 0 Å². The number of ether oxygens (including phenoxy) is 1. The van der Waals surface area contributed by atoms with Crippen LogP contribution in [0.25, 0.3) is 22.6 Å². The summed E-state index contributed by atoms with van der Waals surface area (Å²) in [6, 6.07) is 7.84. The normalized spacial score (nSPS) is 11.1. The van der Waals surface area contributed by atoms with E-state index >= 15 is 0 Å². The number of halogens is 1. The number of thiazole rings is 1. The predicted molar refractivity (Wildman–Crippen MR) is 93.5 cm³/mol. The fourth-order valence-corrected chi connectivity index (χ4v) is 3.11. The smallest absolute Gasteiger partial charge is 0.181 e. The van der Waals surface area contributed by atoms with Gasteiger partial charge in [0, 0.05) is 5.38 Å². The minimum absolute atomic E-state index is 0.330. The lowest BCUT2D eigenvalue weighted by Gasteiger charge is -2.03. The molecule has 6 nitrogen and oxygen atoms in total. The third kappa shape index (κ3) is 2.83. The molecule has 0 aliphatic carbocycles. The van der Waals surface area contributed by atoms with Crippen molar-refractivity contribution in [1.29, 1.82) is 0 Å². The zero-order chi connectivity index (χ0) is 16.5. The minimum atomic E-state index is 0.330. The van der Waals surface area contributed by atoms with Crippen molar-refractivity contribution in [3.8, 4) is 17.3 Å². The first kappa shape index (κ1) is 15.0. The maximum atomic E-state index is 6.27. The Labute approximate surface area is 146 Å². The second-order valence-corrected chi connectivity index (χ2v) is 6.20. The molecule has 0 radical (unpaired) electrons. The van der Waals surface area contributed by atoms with Crippen molar-refractivity contribution < 1.29 is 4.74 Å². The Bertz CT molecular complexity index is 982. The largest absolute Gasteiger partial charge is 0.497 e. The molecule has 0 bridgehead atoms. The topological polar surface area (TPSA) is 65.7 Å². The molecule has 0 saturated carbocycles. The van der Waals surface area contributed by atoms with Crippen LogP contribution in [0.1, 0.15) is 5.56 Å². The molecule has 1 aromatic carbocycles. The molecule has 4 rings (SSSR count). The monoisotopic (exact) mass is 357 g/mol. The van der Waals surface area contributed by atoms with Crippen molar-refractivity contribution in [3.05, 3.63) is 52.1 Å². The second kappa shape index (κ2) is 6.18. The van der Waals surface area contributed by atoms with Crippen molar-refractivity contribution in [2.45, 2.75) is 6.54 Å². The van der Waals surface area contributed by atoms with Gasteiger partial charge in [0.05, 0.1) is 25.4 Å². The van der Waals surface area contributed by atoms with Crippen LogP contribution in [0, 0.1) is 0 Å². The van der Waals surface area contributed by atoms with E-state index in [0.29, 0.717) is 34.2 Å². The van der Waals surface area contributed by atoms with Gasteiger partial charge in [-0.25, -0.2) is 15.0 Å². The number of methoxy groups -OCH3 is 1. The number of hydrogen-bond donors (Lipinski definition) is 0. The summed E-state index contributed by atoms with van der Waals surface area (Å²) in [5.41, 5.74) is 4.85. The molecule has 3 aromatic heterocycles. The van der Waals surface area contributed by atoms with Crippen LogP contribution in [0.2, 0.25) is 5.15 Å². The van der Waals surface area contributed by atoms with Crippen LogP contribution in [-0.2, 0) is 6.54 Å². The third-order valence-corrected chi connectivity index (χ3v) is 4.38. The molecule has 0 spiro atoms. The van der Waals surface area contributed by atoms with Gasteiger partial charge in [-0.2, -0.15) is 5.10 Å². The molecule has 24 heavy (non-hydrogen) atoms. The van der Waals surface area contributed by atoms with Gasteiger partial charge in [0.15, 0.2) is 11.0 Å². The van der Waals surface area contributed by atoms with Crippen LogP contribution >= 0.6 is 22.9 Å². The molecular formula is C16H12ClN5OS. The van der Waals surface area contributed by atoms with Gasteiger partial charge in [0.25, 0.3) is 0 Å². The van der Waals surface area contributed by atoms with Gasteiger partial charge in [-0.15, -0.1) is 11.3 Å². The third-order valence-electron chi connectivity index (χ3n) is 3.53. The molecule has 3 heterocycles. The van der Waals surface area contributed by atoms with Gasteiger partial charge in [0.2, 0.25) is 0 Å². The summed E-state index contributed by atoms with van der Waals surface area (Å²) in [7, 11) is 1.65. The number of hydrogen-bond acceptors (Lipinski definition) is 6. The van der Waals surface area contributed by atoms with Crippen molar-refractivity contribution in [1.82, 2.24) is 24.7 Å². The van der Waals surface area contributed by atoms with Crippen molar-refractivity contribution in [3.63, 3.8) is 0 Å². The van der Waals surface area contributed by atoms with E-state index in [4.69, 9.17) is 16.3 Å². The van der Waals surface area contributed by atoms with E-state index in [1.165, 1.54) is 11.3 Å². The number of rotatable bonds is 4. The Kier molecular flexibility index (Phi) is 3.87. The first-order chi connectivity index (χ1) is 11.7. The summed E-state index contributed by atoms with van der Waals surface area (Å²) in [6.45, 7) is 0.614. The molecule has 4 aromatic rings. The first-order valence-electron chi connectivity index (χ1n) is 7.15. The number of nitrogens with zero attached hydrogens (tertiary/aromatic N) is 5. The Balaban J connectivity index is 1.68. The summed E-state index contributed by atoms with van der Waals surface area (Å²) in [5, 5.41) is 6.70. The van der Waals surface area contributed by atoms with Crippen LogP contribution in [0.4, 0.5) is 0 Å². The average Bonchev–Trinajstić information content (AvgIpc) is 3.25. The highest BCUT2D eigenvalue weighted by atomic mass is 35.5. The van der Waals surface area contributed by atoms with Gasteiger partial charge >= 0.3 is 0 Å². The molecule has 0 atom stereocenters. The lowest BCUT2D eigenvalue weighted by molar-refractivity contribution is 0.414. The van der Waals surface area contributed by atoms with Crippen LogP contribution in [-0.4, -0.2) is 31.8 Å². The van der Waals surface area contributed by atoms with E-state index < -0.39 is 0 Å². The maximum Gasteiger partial charge on any atom is 0.181 e. The summed E-state index contributed by atoms with van der Waals surface area (Å²) in [6.07, 6.45) is 1.86. The average molecular weight is 358 g/mol. The standard InChI is InChI=1S/C16H12ClN5OS/c1-23-11-4-2-10(3-5-11)6-22-7-12-14(21-22)15(17)20-16(19-12)13-8-24-9-18-13/h2-5,7-9H,6H2,1H3. The predicted octanol–water partition coefficient (Wildman–Crippen LogP) is 3.66. The molecule has 0 saturated heterocycles. The number of aromatic nitrogens is 5. The van der Waals surface area contributed by atoms with Crippen LogP contribution in [0.15, 0.2) is 41.4 Å². The Hall–Kier alpha value is -2.51. The highest BCUT2D eigenvalue weighted by molar-refractivity contribution is 7.07. The van der Waals surface area contributed by atoms with Crippen molar-refractivity contribution in [2.75, 3.05) is 7.11 Å². The maximum absolute atomic E-state index is 6.27. The highest BCUT2D eigenvalue weighted by Crippen LogP contribution is 2.24. The molecule has 0 amide bonds. The highest BCUT2D eigenvalue weighted by Gasteiger charge is 2.13. The summed E-state index contributed by atoms with van der Waals surface area (Å²) >= 11 is 7.76. The lowest BCUT2D eigenvalue weighted by atomic mass is 10.2. The fourth-order valence-electron chi connectivity index (χ4n) is 2.36. The molecule has 0 unspecified atom stereocenters. The molecule has 120 valence electrons. The molecular weight excluding hydrogens is 346 g/mol. The van der Waals surface area contributed by atoms with Crippen LogP contribution < -0.4 is 4.74 Å². The Morgan fingerprint density at radius 2 is 2.04 bits per heavy atom. The fraction of sp³-hybridized carbons (Fsp3) is 0.125. The van der Waals surface area contributed by atoms with E-state index in [1.54, 1.807) is 17.3 Å². The Morgan fingerprint density at radius 1 is 1.21 bits per heavy atom. The molecule has 0 fully saturated rings. The van der Waals surface area contributed by atoms with E-state index in [-0.39, 0.29) is 0 Å². The molecule has 0 aliphatic rings. The second-order valence-electron chi connectivity index (χ2n) is 5.12. The van der Waals surface area contributed by atoms with E-state index in [0.717, 1.165) is 11.3 Å². The Morgan fingerprint density at radius 3 is 2.75 bits per heavy atom. The molecule has 0 N–H and O–H groups in total. The van der Waals surface area contributed by atoms with Gasteiger partial charge in [-0.05, 0) is 17.7 Å². The van der Waals surface area contributed by atoms with Gasteiger partial charge in [-0.3, -0.25) is 4.68 Å². The zero-order valence-electron chi connectivity index (χ0n) is 12.7. The van der Waals surface area contributed by atoms with Crippen molar-refractivity contribution in [2.24, 2.45) is 0 Å². The van der Waals surface area contributed by atoms with Gasteiger partial charge in [-0.1, -0.05) is 23.7 Å². The zero-order valence-corrected chi connectivity index (χ0v) is 14.3. The van der Waals surface area contributed by atoms with E-state index in [2.05, 4.69) is 20.1 Å². The van der Waals surface area contributed by atoms with Crippen LogP contribution in [0.3, 0.4) is 0 Å². The van der Waals surface area contributed by atoms with Crippen molar-refractivity contribution >= 4 is 34.0 Å². The summed E-state index contributed by atoms with van der Waals surface area (Å²) < 4.78 is 6.97. The molecule has 0 aliphatic heterocycles. The van der Waals surface area contributed by atoms with E-state index in [1.807, 2.05) is 35.8 Å². The minimum Gasteiger partial charge on any atom is -0.497 e. The number of fused-ring (bicyclic) bond motifs is 1. The number of benzene rings is 1. The SMILES string of the molecule is COc1ccc(Cn2cc3nc(-c4cscn4)nc(Cl)c3n2)cc1. The first-order valence-corrected chi connectivity index (χ1v) is 8.47. The van der Waals surface area contributed by atoms with Crippen LogP contribution in [0.5, 0.6) is 5.75 Å². The van der Waals surface area contributed by atoms with Gasteiger partial charge in [0.1, 0.15) is 22.5 Å².